The van der Waals surface area contributed by atoms with Crippen molar-refractivity contribution in [3.05, 3.63) is 25.9 Å². The number of nitrogens with one attached hydrogen (secondary N) is 1. The second-order valence-electron chi connectivity index (χ2n) is 2.98. The Balaban J connectivity index is 2.72. The average molecular weight is 338 g/mol. The zero-order valence-electron chi connectivity index (χ0n) is 8.57. The van der Waals surface area contributed by atoms with E-state index >= 15 is 0 Å². The fraction of sp³-hybridized carbons (Fsp3) is 0.375. The molecule has 1 aromatic heterocycles. The number of carbonyl (C=O) groups is 1. The lowest BCUT2D eigenvalue weighted by Crippen LogP contribution is -2.29. The van der Waals surface area contributed by atoms with Gasteiger partial charge in [0, 0.05) is 6.54 Å². The molecule has 0 aliphatic rings. The summed E-state index contributed by atoms with van der Waals surface area (Å²) in [5.74, 6) is 4.26. The van der Waals surface area contributed by atoms with Crippen LogP contribution in [0.2, 0.25) is 0 Å². The highest BCUT2D eigenvalue weighted by molar-refractivity contribution is 14.1. The molecule has 0 unspecified atom stereocenters. The minimum atomic E-state index is -0.537. The monoisotopic (exact) mass is 338 g/mol. The van der Waals surface area contributed by atoms with E-state index in [1.54, 1.807) is 12.5 Å². The predicted molar refractivity (Wildman–Crippen MR) is 64.0 cm³/mol. The van der Waals surface area contributed by atoms with Gasteiger partial charge in [-0.15, -0.1) is 0 Å². The number of halogens is 1. The van der Waals surface area contributed by atoms with Crippen molar-refractivity contribution in [2.75, 3.05) is 0 Å². The van der Waals surface area contributed by atoms with Crippen molar-refractivity contribution in [3.8, 4) is 0 Å². The molecule has 0 aliphatic carbocycles. The van der Waals surface area contributed by atoms with E-state index in [1.807, 2.05) is 22.6 Å². The molecule has 8 heteroatoms. The number of nitrogens with two attached hydrogens (primary N) is 1. The number of hydrogen-bond donors (Lipinski definition) is 2. The molecule has 0 fully saturated rings. The van der Waals surface area contributed by atoms with Crippen LogP contribution in [0, 0.1) is 10.5 Å². The fourth-order valence-corrected chi connectivity index (χ4v) is 1.48. The van der Waals surface area contributed by atoms with Gasteiger partial charge in [0.2, 0.25) is 0 Å². The first-order valence-electron chi connectivity index (χ1n) is 4.43. The number of hydrogen-bond acceptors (Lipinski definition) is 6. The van der Waals surface area contributed by atoms with Crippen LogP contribution in [0.15, 0.2) is 11.1 Å². The van der Waals surface area contributed by atoms with Crippen molar-refractivity contribution in [2.24, 2.45) is 5.84 Å². The van der Waals surface area contributed by atoms with Crippen molar-refractivity contribution in [1.29, 1.82) is 0 Å². The summed E-state index contributed by atoms with van der Waals surface area (Å²) in [6.07, 6.45) is 1.45. The lowest BCUT2D eigenvalue weighted by Gasteiger charge is -2.06. The first-order valence-corrected chi connectivity index (χ1v) is 5.51. The van der Waals surface area contributed by atoms with E-state index in [4.69, 9.17) is 5.84 Å². The number of carbonyl (C=O) groups excluding carboxylic acids is 1. The van der Waals surface area contributed by atoms with Gasteiger partial charge in [0.1, 0.15) is 0 Å². The minimum absolute atomic E-state index is 0.0466. The molecule has 0 aromatic carbocycles. The quantitative estimate of drug-likeness (QED) is 0.435. The number of aryl methyl sites for hydroxylation is 2. The van der Waals surface area contributed by atoms with Crippen LogP contribution in [0.3, 0.4) is 0 Å². The van der Waals surface area contributed by atoms with E-state index < -0.39 is 5.97 Å². The lowest BCUT2D eigenvalue weighted by atomic mass is 10.4. The SMILES string of the molecule is Cc1ncn(CCC(=O)ONN)c(=O)c1I. The molecule has 16 heavy (non-hydrogen) atoms. The van der Waals surface area contributed by atoms with Gasteiger partial charge in [0.25, 0.3) is 5.56 Å². The summed E-state index contributed by atoms with van der Waals surface area (Å²) in [7, 11) is 0. The largest absolute Gasteiger partial charge is 0.356 e. The van der Waals surface area contributed by atoms with Crippen molar-refractivity contribution >= 4 is 28.6 Å². The molecule has 88 valence electrons. The number of rotatable bonds is 4. The molecule has 7 nitrogen and oxygen atoms in total. The van der Waals surface area contributed by atoms with Gasteiger partial charge in [-0.3, -0.25) is 14.2 Å². The van der Waals surface area contributed by atoms with E-state index in [1.165, 1.54) is 10.9 Å². The number of nitrogens with zero attached hydrogens (tertiary/aromatic N) is 2. The Morgan fingerprint density at radius 1 is 1.75 bits per heavy atom. The molecule has 1 rings (SSSR count). The Morgan fingerprint density at radius 2 is 2.44 bits per heavy atom. The molecule has 0 atom stereocenters. The molecular weight excluding hydrogens is 327 g/mol. The third-order valence-corrected chi connectivity index (χ3v) is 3.13. The average Bonchev–Trinajstić information content (AvgIpc) is 2.25. The van der Waals surface area contributed by atoms with E-state index in [0.717, 1.165) is 0 Å². The summed E-state index contributed by atoms with van der Waals surface area (Å²) in [5, 5.41) is 0. The van der Waals surface area contributed by atoms with Gasteiger partial charge in [-0.05, 0) is 29.5 Å². The Hall–Kier alpha value is -1.00. The van der Waals surface area contributed by atoms with Crippen molar-refractivity contribution in [2.45, 2.75) is 19.9 Å². The molecule has 0 spiro atoms. The maximum atomic E-state index is 11.7. The molecule has 0 bridgehead atoms. The molecule has 1 aromatic rings. The van der Waals surface area contributed by atoms with Gasteiger partial charge < -0.3 is 4.84 Å². The Bertz CT molecular complexity index is 445. The van der Waals surface area contributed by atoms with Gasteiger partial charge in [0.05, 0.1) is 22.0 Å². The van der Waals surface area contributed by atoms with E-state index in [0.29, 0.717) is 9.26 Å². The first kappa shape index (κ1) is 13.1. The third-order valence-electron chi connectivity index (χ3n) is 1.89. The first-order chi connectivity index (χ1) is 7.56. The summed E-state index contributed by atoms with van der Waals surface area (Å²) >= 11 is 1.92. The standard InChI is InChI=1S/C8H11IN4O3/c1-5-7(9)8(15)13(4-11-5)3-2-6(14)16-12-10/h4,12H,2-3,10H2,1H3. The van der Waals surface area contributed by atoms with Crippen LogP contribution >= 0.6 is 22.6 Å². The normalized spacial score (nSPS) is 10.2. The number of hydrazine groups is 1. The van der Waals surface area contributed by atoms with Gasteiger partial charge in [-0.1, -0.05) is 5.59 Å². The molecule has 0 amide bonds. The van der Waals surface area contributed by atoms with E-state index in [9.17, 15) is 9.59 Å². The van der Waals surface area contributed by atoms with Crippen LogP contribution in [-0.4, -0.2) is 15.5 Å². The Labute approximate surface area is 105 Å². The van der Waals surface area contributed by atoms with Crippen LogP contribution < -0.4 is 17.0 Å². The Morgan fingerprint density at radius 3 is 3.06 bits per heavy atom. The zero-order valence-corrected chi connectivity index (χ0v) is 10.7. The second-order valence-corrected chi connectivity index (χ2v) is 4.06. The van der Waals surface area contributed by atoms with Crippen LogP contribution in [0.25, 0.3) is 0 Å². The van der Waals surface area contributed by atoms with Crippen molar-refractivity contribution < 1.29 is 9.63 Å². The van der Waals surface area contributed by atoms with Crippen molar-refractivity contribution in [3.63, 3.8) is 0 Å². The zero-order chi connectivity index (χ0) is 12.1. The smallest absolute Gasteiger partial charge is 0.328 e. The van der Waals surface area contributed by atoms with Gasteiger partial charge in [-0.2, -0.15) is 0 Å². The lowest BCUT2D eigenvalue weighted by molar-refractivity contribution is -0.151. The summed E-state index contributed by atoms with van der Waals surface area (Å²) in [4.78, 5) is 31.0. The van der Waals surface area contributed by atoms with E-state index in [2.05, 4.69) is 9.82 Å². The molecule has 3 N–H and O–H groups in total. The van der Waals surface area contributed by atoms with Crippen molar-refractivity contribution in [1.82, 2.24) is 15.1 Å². The summed E-state index contributed by atoms with van der Waals surface area (Å²) in [6, 6.07) is 0. The molecule has 1 heterocycles. The molecule has 0 saturated carbocycles. The van der Waals surface area contributed by atoms with E-state index in [-0.39, 0.29) is 18.5 Å². The predicted octanol–water partition coefficient (Wildman–Crippen LogP) is -0.532. The summed E-state index contributed by atoms with van der Waals surface area (Å²) < 4.78 is 1.90. The highest BCUT2D eigenvalue weighted by Crippen LogP contribution is 2.01. The highest BCUT2D eigenvalue weighted by Gasteiger charge is 2.07. The van der Waals surface area contributed by atoms with Gasteiger partial charge >= 0.3 is 5.97 Å². The maximum Gasteiger partial charge on any atom is 0.328 e. The Kier molecular flexibility index (Phi) is 4.83. The fourth-order valence-electron chi connectivity index (χ4n) is 1.03. The van der Waals surface area contributed by atoms with Crippen LogP contribution in [0.4, 0.5) is 0 Å². The van der Waals surface area contributed by atoms with Gasteiger partial charge in [0.15, 0.2) is 0 Å². The van der Waals surface area contributed by atoms with Crippen LogP contribution in [0.5, 0.6) is 0 Å². The second kappa shape index (κ2) is 5.92. The highest BCUT2D eigenvalue weighted by atomic mass is 127. The molecule has 0 aliphatic heterocycles. The molecule has 0 radical (unpaired) electrons. The molecule has 0 saturated heterocycles. The summed E-state index contributed by atoms with van der Waals surface area (Å²) in [5.41, 5.74) is 2.29. The number of aromatic nitrogens is 2. The topological polar surface area (TPSA) is 99.2 Å². The van der Waals surface area contributed by atoms with Crippen LogP contribution in [0.1, 0.15) is 12.1 Å². The maximum absolute atomic E-state index is 11.7. The summed E-state index contributed by atoms with van der Waals surface area (Å²) in [6.45, 7) is 1.96. The van der Waals surface area contributed by atoms with Gasteiger partial charge in [-0.25, -0.2) is 10.8 Å². The minimum Gasteiger partial charge on any atom is -0.356 e. The van der Waals surface area contributed by atoms with Crippen LogP contribution in [-0.2, 0) is 16.2 Å². The third kappa shape index (κ3) is 3.25. The molecular formula is C8H11IN4O3.